The Morgan fingerprint density at radius 2 is 1.93 bits per heavy atom. The number of carbonyl (C=O) groups is 2. The number of rotatable bonds is 10. The second kappa shape index (κ2) is 9.37. The summed E-state index contributed by atoms with van der Waals surface area (Å²) < 4.78 is 7.37. The number of aliphatic hydroxyl groups is 3. The molecule has 1 aliphatic heterocycles. The number of amides is 1. The normalized spacial score (nSPS) is 26.5. The molecule has 6 atom stereocenters. The van der Waals surface area contributed by atoms with Crippen molar-refractivity contribution in [2.24, 2.45) is 11.5 Å². The summed E-state index contributed by atoms with van der Waals surface area (Å²) >= 11 is 0. The lowest BCUT2D eigenvalue weighted by Gasteiger charge is -2.32. The van der Waals surface area contributed by atoms with Crippen LogP contribution in [0.25, 0.3) is 0 Å². The molecule has 1 aromatic rings. The number of aliphatic hydroxyl groups excluding tert-OH is 3. The number of carboxylic acid groups (broad SMARTS) is 1. The van der Waals surface area contributed by atoms with Crippen LogP contribution in [0, 0.1) is 0 Å². The third kappa shape index (κ3) is 5.33. The molecule has 1 aromatic heterocycles. The van der Waals surface area contributed by atoms with Gasteiger partial charge in [0.05, 0.1) is 33.4 Å². The maximum atomic E-state index is 11.9. The Hall–Kier alpha value is -2.09. The highest BCUT2D eigenvalue weighted by atomic mass is 16.6. The van der Waals surface area contributed by atoms with E-state index in [1.165, 1.54) is 10.8 Å². The van der Waals surface area contributed by atoms with E-state index < -0.39 is 55.1 Å². The van der Waals surface area contributed by atoms with Gasteiger partial charge in [-0.3, -0.25) is 9.59 Å². The number of nitrogens with zero attached hydrogens (tertiary/aromatic N) is 3. The highest BCUT2D eigenvalue weighted by molar-refractivity contribution is 5.78. The molecule has 8 N–H and O–H groups in total. The Morgan fingerprint density at radius 3 is 2.40 bits per heavy atom. The maximum Gasteiger partial charge on any atom is 0.320 e. The Labute approximate surface area is 174 Å². The zero-order valence-corrected chi connectivity index (χ0v) is 17.4. The number of carboxylic acids is 1. The largest absolute Gasteiger partial charge is 0.480 e. The first kappa shape index (κ1) is 24.2. The number of aliphatic carboxylic acids is 1. The Morgan fingerprint density at radius 1 is 1.30 bits per heavy atom. The number of imidazole rings is 1. The predicted molar refractivity (Wildman–Crippen MR) is 104 cm³/mol. The lowest BCUT2D eigenvalue weighted by atomic mass is 10.1. The van der Waals surface area contributed by atoms with Crippen LogP contribution in [0.3, 0.4) is 0 Å². The number of hydrogen-bond acceptors (Lipinski definition) is 8. The minimum absolute atomic E-state index is 0.0568. The highest BCUT2D eigenvalue weighted by Crippen LogP contribution is 2.31. The summed E-state index contributed by atoms with van der Waals surface area (Å²) in [7, 11) is 5.52. The average molecular weight is 430 g/mol. The molecule has 2 unspecified atom stereocenters. The molecule has 1 amide bonds. The van der Waals surface area contributed by atoms with E-state index in [0.29, 0.717) is 22.4 Å². The Kier molecular flexibility index (Phi) is 7.55. The molecule has 12 nitrogen and oxygen atoms in total. The Bertz CT molecular complexity index is 763. The molecule has 0 radical (unpaired) electrons. The van der Waals surface area contributed by atoms with E-state index in [1.54, 1.807) is 0 Å². The third-order valence-electron chi connectivity index (χ3n) is 5.30. The molecular formula is C18H32N5O7+. The minimum atomic E-state index is -1.33. The monoisotopic (exact) mass is 430 g/mol. The number of likely N-dealkylation sites (N-methyl/N-ethyl adjacent to an activating group) is 1. The van der Waals surface area contributed by atoms with Crippen molar-refractivity contribution in [2.45, 2.75) is 55.9 Å². The molecule has 1 fully saturated rings. The summed E-state index contributed by atoms with van der Waals surface area (Å²) in [5.74, 6) is -1.24. The second-order valence-corrected chi connectivity index (χ2v) is 8.51. The molecule has 0 spiro atoms. The third-order valence-corrected chi connectivity index (χ3v) is 5.30. The summed E-state index contributed by atoms with van der Waals surface area (Å²) in [5, 5.41) is 38.9. The van der Waals surface area contributed by atoms with Crippen LogP contribution < -0.4 is 11.5 Å². The fourth-order valence-corrected chi connectivity index (χ4v) is 3.59. The van der Waals surface area contributed by atoms with Gasteiger partial charge in [-0.05, 0) is 0 Å². The number of carbonyl (C=O) groups excluding carboxylic acids is 1. The first-order valence-electron chi connectivity index (χ1n) is 9.64. The summed E-state index contributed by atoms with van der Waals surface area (Å²) in [6, 6.07) is -1.68. The van der Waals surface area contributed by atoms with Crippen LogP contribution in [0.15, 0.2) is 6.20 Å². The van der Waals surface area contributed by atoms with Crippen molar-refractivity contribution in [2.75, 3.05) is 27.7 Å². The minimum Gasteiger partial charge on any atom is -0.480 e. The fraction of sp³-hybridized carbons (Fsp3) is 0.722. The van der Waals surface area contributed by atoms with Gasteiger partial charge < -0.3 is 45.7 Å². The van der Waals surface area contributed by atoms with Crippen LogP contribution in [-0.4, -0.2) is 104 Å². The number of nitrogens with two attached hydrogens (primary N) is 2. The van der Waals surface area contributed by atoms with Gasteiger partial charge in [0.1, 0.15) is 30.2 Å². The van der Waals surface area contributed by atoms with E-state index in [0.717, 1.165) is 0 Å². The van der Waals surface area contributed by atoms with Crippen LogP contribution in [0.2, 0.25) is 0 Å². The number of quaternary nitrogens is 1. The van der Waals surface area contributed by atoms with E-state index in [9.17, 15) is 24.9 Å². The lowest BCUT2D eigenvalue weighted by molar-refractivity contribution is -0.886. The van der Waals surface area contributed by atoms with E-state index in [1.807, 2.05) is 21.1 Å². The number of aryl methyl sites for hydroxylation is 1. The number of primary amides is 1. The number of aromatic nitrogens is 2. The zero-order chi connectivity index (χ0) is 22.8. The van der Waals surface area contributed by atoms with Crippen molar-refractivity contribution >= 4 is 11.9 Å². The molecule has 2 heterocycles. The highest BCUT2D eigenvalue weighted by Gasteiger charge is 2.44. The van der Waals surface area contributed by atoms with Gasteiger partial charge in [-0.15, -0.1) is 0 Å². The maximum absolute atomic E-state index is 11.9. The van der Waals surface area contributed by atoms with Gasteiger partial charge in [-0.25, -0.2) is 4.98 Å². The van der Waals surface area contributed by atoms with Gasteiger partial charge in [0.15, 0.2) is 12.3 Å². The van der Waals surface area contributed by atoms with Gasteiger partial charge >= 0.3 is 5.97 Å². The van der Waals surface area contributed by atoms with Crippen LogP contribution >= 0.6 is 0 Å². The van der Waals surface area contributed by atoms with E-state index in [-0.39, 0.29) is 12.8 Å². The van der Waals surface area contributed by atoms with Crippen molar-refractivity contribution in [3.05, 3.63) is 17.7 Å². The molecule has 1 aliphatic rings. The molecule has 30 heavy (non-hydrogen) atoms. The van der Waals surface area contributed by atoms with Crippen LogP contribution in [-0.2, 0) is 27.2 Å². The van der Waals surface area contributed by atoms with Crippen LogP contribution in [0.1, 0.15) is 24.2 Å². The first-order valence-corrected chi connectivity index (χ1v) is 9.64. The van der Waals surface area contributed by atoms with Gasteiger partial charge in [0, 0.05) is 25.5 Å². The molecule has 0 saturated carbocycles. The molecular weight excluding hydrogens is 398 g/mol. The number of ether oxygens (including phenoxy) is 1. The van der Waals surface area contributed by atoms with Crippen LogP contribution in [0.4, 0.5) is 0 Å². The Balaban J connectivity index is 2.33. The van der Waals surface area contributed by atoms with Gasteiger partial charge in [0.25, 0.3) is 5.91 Å². The molecule has 0 aliphatic carbocycles. The van der Waals surface area contributed by atoms with Crippen molar-refractivity contribution in [1.82, 2.24) is 9.55 Å². The summed E-state index contributed by atoms with van der Waals surface area (Å²) in [4.78, 5) is 27.4. The molecule has 1 saturated heterocycles. The topological polar surface area (TPSA) is 194 Å². The number of hydrogen-bond donors (Lipinski definition) is 6. The van der Waals surface area contributed by atoms with Crippen molar-refractivity contribution < 1.29 is 39.2 Å². The fourth-order valence-electron chi connectivity index (χ4n) is 3.59. The lowest BCUT2D eigenvalue weighted by Crippen LogP contribution is -2.52. The zero-order valence-electron chi connectivity index (χ0n) is 17.4. The van der Waals surface area contributed by atoms with Gasteiger partial charge in [-0.2, -0.15) is 0 Å². The summed E-state index contributed by atoms with van der Waals surface area (Å²) in [5.41, 5.74) is 11.5. The smallest absolute Gasteiger partial charge is 0.320 e. The second-order valence-electron chi connectivity index (χ2n) is 8.51. The van der Waals surface area contributed by atoms with Gasteiger partial charge in [0.2, 0.25) is 0 Å². The summed E-state index contributed by atoms with van der Waals surface area (Å²) in [6.45, 7) is -0.485. The predicted octanol–water partition coefficient (Wildman–Crippen LogP) is -3.06. The molecule has 12 heteroatoms. The van der Waals surface area contributed by atoms with E-state index in [2.05, 4.69) is 4.98 Å². The van der Waals surface area contributed by atoms with Crippen molar-refractivity contribution in [3.63, 3.8) is 0 Å². The standard InChI is InChI=1S/C18H31N5O7/c1-23(2,3)11(16(20)27)4-5-13-21-9(6-10(19)18(28)29)7-22(13)17-15(26)14(25)12(8-24)30-17/h7,10-12,14-15,17,24-26H,4-6,8,19H2,1-3H3,(H2-,20,27,28,29)/p+1/t10?,11?,12-,14-,15+,17-/m1/s1. The molecule has 170 valence electrons. The SMILES string of the molecule is C[N+](C)(C)C(CCc1nc(CC(N)C(=O)O)cn1[C@@H]1O[C@H](CO)[C@@H](O)[C@@H]1O)C(N)=O. The van der Waals surface area contributed by atoms with E-state index in [4.69, 9.17) is 21.3 Å². The average Bonchev–Trinajstić information content (AvgIpc) is 3.14. The van der Waals surface area contributed by atoms with Crippen LogP contribution in [0.5, 0.6) is 0 Å². The summed E-state index contributed by atoms with van der Waals surface area (Å²) in [6.07, 6.45) is -2.58. The van der Waals surface area contributed by atoms with Crippen molar-refractivity contribution in [3.8, 4) is 0 Å². The quantitative estimate of drug-likeness (QED) is 0.209. The molecule has 0 bridgehead atoms. The molecule has 0 aromatic carbocycles. The van der Waals surface area contributed by atoms with E-state index >= 15 is 0 Å². The van der Waals surface area contributed by atoms with Gasteiger partial charge in [-0.1, -0.05) is 0 Å². The van der Waals surface area contributed by atoms with Crippen molar-refractivity contribution in [1.29, 1.82) is 0 Å². The first-order chi connectivity index (χ1) is 13.9. The molecule has 2 rings (SSSR count).